The van der Waals surface area contributed by atoms with Crippen molar-refractivity contribution < 1.29 is 0 Å². The third-order valence-electron chi connectivity index (χ3n) is 1.86. The zero-order valence-corrected chi connectivity index (χ0v) is 9.35. The first-order valence-corrected chi connectivity index (χ1v) is 5.06. The summed E-state index contributed by atoms with van der Waals surface area (Å²) in [7, 11) is 0. The molecular formula is C10H7BrClN. The van der Waals surface area contributed by atoms with Gasteiger partial charge in [-0.1, -0.05) is 11.6 Å². The molecule has 0 atom stereocenters. The Morgan fingerprint density at radius 3 is 2.85 bits per heavy atom. The summed E-state index contributed by atoms with van der Waals surface area (Å²) >= 11 is 9.26. The quantitative estimate of drug-likeness (QED) is 0.650. The van der Waals surface area contributed by atoms with E-state index >= 15 is 0 Å². The van der Waals surface area contributed by atoms with Gasteiger partial charge in [-0.3, -0.25) is 0 Å². The van der Waals surface area contributed by atoms with Crippen molar-refractivity contribution in [1.29, 1.82) is 0 Å². The summed E-state index contributed by atoms with van der Waals surface area (Å²) in [6.45, 7) is 2.05. The minimum Gasteiger partial charge on any atom is -0.235 e. The predicted molar refractivity (Wildman–Crippen MR) is 59.2 cm³/mol. The average molecular weight is 257 g/mol. The van der Waals surface area contributed by atoms with Crippen molar-refractivity contribution in [3.05, 3.63) is 39.5 Å². The van der Waals surface area contributed by atoms with Gasteiger partial charge >= 0.3 is 0 Å². The van der Waals surface area contributed by atoms with Gasteiger partial charge in [0.25, 0.3) is 0 Å². The minimum absolute atomic E-state index is 0.525. The highest BCUT2D eigenvalue weighted by atomic mass is 79.9. The maximum Gasteiger partial charge on any atom is 0.129 e. The lowest BCUT2D eigenvalue weighted by Gasteiger charge is -2.01. The Bertz CT molecular complexity index is 468. The first-order chi connectivity index (χ1) is 6.16. The molecule has 0 bridgehead atoms. The summed E-state index contributed by atoms with van der Waals surface area (Å²) in [4.78, 5) is 4.23. The maximum absolute atomic E-state index is 5.80. The molecule has 0 aliphatic heterocycles. The number of benzene rings is 1. The first-order valence-electron chi connectivity index (χ1n) is 3.89. The van der Waals surface area contributed by atoms with E-state index in [4.69, 9.17) is 11.6 Å². The van der Waals surface area contributed by atoms with Crippen LogP contribution in [0.5, 0.6) is 0 Å². The largest absolute Gasteiger partial charge is 0.235 e. The van der Waals surface area contributed by atoms with E-state index < -0.39 is 0 Å². The van der Waals surface area contributed by atoms with E-state index in [0.29, 0.717) is 5.15 Å². The van der Waals surface area contributed by atoms with Crippen LogP contribution < -0.4 is 0 Å². The second kappa shape index (κ2) is 3.28. The van der Waals surface area contributed by atoms with Crippen LogP contribution in [0.2, 0.25) is 5.15 Å². The molecule has 66 valence electrons. The molecule has 1 heterocycles. The van der Waals surface area contributed by atoms with Crippen LogP contribution in [0.4, 0.5) is 0 Å². The molecule has 1 aromatic heterocycles. The lowest BCUT2D eigenvalue weighted by molar-refractivity contribution is 1.38. The van der Waals surface area contributed by atoms with Crippen molar-refractivity contribution in [2.45, 2.75) is 6.92 Å². The molecule has 0 saturated heterocycles. The number of rotatable bonds is 0. The fourth-order valence-electron chi connectivity index (χ4n) is 1.31. The molecule has 1 nitrogen and oxygen atoms in total. The number of nitrogens with zero attached hydrogens (tertiary/aromatic N) is 1. The summed E-state index contributed by atoms with van der Waals surface area (Å²) in [6, 6.07) is 7.90. The van der Waals surface area contributed by atoms with Crippen molar-refractivity contribution in [1.82, 2.24) is 4.98 Å². The maximum atomic E-state index is 5.80. The number of fused-ring (bicyclic) bond motifs is 1. The average Bonchev–Trinajstić information content (AvgIpc) is 2.06. The third kappa shape index (κ3) is 1.69. The number of pyridine rings is 1. The Morgan fingerprint density at radius 1 is 1.31 bits per heavy atom. The summed E-state index contributed by atoms with van der Waals surface area (Å²) in [5.74, 6) is 0. The Morgan fingerprint density at radius 2 is 2.08 bits per heavy atom. The van der Waals surface area contributed by atoms with Crippen LogP contribution in [0, 0.1) is 6.92 Å². The van der Waals surface area contributed by atoms with Crippen molar-refractivity contribution in [2.24, 2.45) is 0 Å². The van der Waals surface area contributed by atoms with Crippen LogP contribution in [-0.4, -0.2) is 4.98 Å². The summed E-state index contributed by atoms with van der Waals surface area (Å²) < 4.78 is 0.991. The monoisotopic (exact) mass is 255 g/mol. The molecule has 0 N–H and O–H groups in total. The smallest absolute Gasteiger partial charge is 0.129 e. The van der Waals surface area contributed by atoms with Gasteiger partial charge in [-0.05, 0) is 52.7 Å². The van der Waals surface area contributed by atoms with Gasteiger partial charge in [0.1, 0.15) is 5.15 Å². The molecule has 0 spiro atoms. The van der Waals surface area contributed by atoms with Crippen LogP contribution in [0.3, 0.4) is 0 Å². The van der Waals surface area contributed by atoms with Crippen LogP contribution in [0.1, 0.15) is 5.56 Å². The van der Waals surface area contributed by atoms with Gasteiger partial charge in [-0.25, -0.2) is 4.98 Å². The minimum atomic E-state index is 0.525. The highest BCUT2D eigenvalue weighted by Gasteiger charge is 2.01. The fourth-order valence-corrected chi connectivity index (χ4v) is 2.14. The highest BCUT2D eigenvalue weighted by Crippen LogP contribution is 2.25. The highest BCUT2D eigenvalue weighted by molar-refractivity contribution is 9.10. The second-order valence-electron chi connectivity index (χ2n) is 2.95. The number of aryl methyl sites for hydroxylation is 1. The lowest BCUT2D eigenvalue weighted by atomic mass is 10.1. The van der Waals surface area contributed by atoms with Crippen molar-refractivity contribution in [3.8, 4) is 0 Å². The standard InChI is InChI=1S/C10H7BrClN/c1-6-4-7-2-3-9(12)13-10(7)8(11)5-6/h2-5H,1H3. The first kappa shape index (κ1) is 8.97. The Balaban J connectivity index is 2.87. The molecule has 2 aromatic rings. The molecule has 0 unspecified atom stereocenters. The molecule has 0 aliphatic rings. The lowest BCUT2D eigenvalue weighted by Crippen LogP contribution is -1.82. The molecule has 0 radical (unpaired) electrons. The van der Waals surface area contributed by atoms with Gasteiger partial charge < -0.3 is 0 Å². The number of hydrogen-bond acceptors (Lipinski definition) is 1. The van der Waals surface area contributed by atoms with Gasteiger partial charge in [-0.2, -0.15) is 0 Å². The normalized spacial score (nSPS) is 10.7. The van der Waals surface area contributed by atoms with E-state index in [0.717, 1.165) is 15.4 Å². The summed E-state index contributed by atoms with van der Waals surface area (Å²) in [5, 5.41) is 1.63. The zero-order chi connectivity index (χ0) is 9.42. The molecule has 0 amide bonds. The van der Waals surface area contributed by atoms with Gasteiger partial charge in [0, 0.05) is 9.86 Å². The van der Waals surface area contributed by atoms with E-state index in [9.17, 15) is 0 Å². The topological polar surface area (TPSA) is 12.9 Å². The van der Waals surface area contributed by atoms with Gasteiger partial charge in [0.05, 0.1) is 5.52 Å². The fraction of sp³-hybridized carbons (Fsp3) is 0.100. The van der Waals surface area contributed by atoms with E-state index in [1.807, 2.05) is 12.1 Å². The Labute approximate surface area is 89.9 Å². The van der Waals surface area contributed by atoms with E-state index in [1.54, 1.807) is 6.07 Å². The van der Waals surface area contributed by atoms with Gasteiger partial charge in [0.2, 0.25) is 0 Å². The Hall–Kier alpha value is -0.600. The van der Waals surface area contributed by atoms with Crippen LogP contribution in [-0.2, 0) is 0 Å². The molecule has 2 rings (SSSR count). The number of aromatic nitrogens is 1. The van der Waals surface area contributed by atoms with E-state index in [1.165, 1.54) is 5.56 Å². The second-order valence-corrected chi connectivity index (χ2v) is 4.19. The zero-order valence-electron chi connectivity index (χ0n) is 7.01. The third-order valence-corrected chi connectivity index (χ3v) is 2.67. The van der Waals surface area contributed by atoms with Crippen molar-refractivity contribution in [2.75, 3.05) is 0 Å². The van der Waals surface area contributed by atoms with E-state index in [-0.39, 0.29) is 0 Å². The van der Waals surface area contributed by atoms with Crippen molar-refractivity contribution >= 4 is 38.4 Å². The molecule has 0 saturated carbocycles. The SMILES string of the molecule is Cc1cc(Br)c2nc(Cl)ccc2c1. The molecule has 0 aliphatic carbocycles. The van der Waals surface area contributed by atoms with Crippen LogP contribution >= 0.6 is 27.5 Å². The molecule has 0 fully saturated rings. The van der Waals surface area contributed by atoms with Crippen LogP contribution in [0.15, 0.2) is 28.7 Å². The van der Waals surface area contributed by atoms with E-state index in [2.05, 4.69) is 33.9 Å². The number of hydrogen-bond donors (Lipinski definition) is 0. The van der Waals surface area contributed by atoms with Crippen molar-refractivity contribution in [3.63, 3.8) is 0 Å². The molecule has 3 heteroatoms. The van der Waals surface area contributed by atoms with Gasteiger partial charge in [-0.15, -0.1) is 0 Å². The van der Waals surface area contributed by atoms with Gasteiger partial charge in [0.15, 0.2) is 0 Å². The number of halogens is 2. The Kier molecular flexibility index (Phi) is 2.26. The summed E-state index contributed by atoms with van der Waals surface area (Å²) in [6.07, 6.45) is 0. The van der Waals surface area contributed by atoms with Crippen LogP contribution in [0.25, 0.3) is 10.9 Å². The molecule has 1 aromatic carbocycles. The molecule has 13 heavy (non-hydrogen) atoms. The summed E-state index contributed by atoms with van der Waals surface area (Å²) in [5.41, 5.74) is 2.13. The predicted octanol–water partition coefficient (Wildman–Crippen LogP) is 3.96. The molecular weight excluding hydrogens is 249 g/mol.